The van der Waals surface area contributed by atoms with Gasteiger partial charge < -0.3 is 20.1 Å². The molecule has 2 unspecified atom stereocenters. The highest BCUT2D eigenvalue weighted by atomic mass is 16.5. The van der Waals surface area contributed by atoms with E-state index in [9.17, 15) is 9.59 Å². The van der Waals surface area contributed by atoms with Crippen LogP contribution in [-0.4, -0.2) is 54.9 Å². The summed E-state index contributed by atoms with van der Waals surface area (Å²) in [6, 6.07) is -1.46. The van der Waals surface area contributed by atoms with E-state index in [4.69, 9.17) is 9.84 Å². The molecule has 0 aliphatic heterocycles. The first-order valence-electron chi connectivity index (χ1n) is 5.86. The molecule has 0 aromatic heterocycles. The van der Waals surface area contributed by atoms with Gasteiger partial charge >= 0.3 is 12.0 Å². The first kappa shape index (κ1) is 16.7. The highest BCUT2D eigenvalue weighted by molar-refractivity contribution is 5.82. The molecule has 0 rings (SSSR count). The number of hydrogen-bond acceptors (Lipinski definition) is 3. The van der Waals surface area contributed by atoms with Crippen LogP contribution in [0.25, 0.3) is 0 Å². The summed E-state index contributed by atoms with van der Waals surface area (Å²) in [5.41, 5.74) is -0.0773. The van der Waals surface area contributed by atoms with Crippen molar-refractivity contribution >= 4 is 12.0 Å². The highest BCUT2D eigenvalue weighted by Crippen LogP contribution is 2.22. The quantitative estimate of drug-likeness (QED) is 0.777. The standard InChI is InChI=1S/C12H24N2O4/c1-8(12(2,3)4)14(5)11(17)13-9(7-18-6)10(15)16/h8-9H,7H2,1-6H3,(H,13,17)(H,15,16). The maximum absolute atomic E-state index is 11.9. The molecule has 2 N–H and O–H groups in total. The molecule has 0 heterocycles. The number of carboxylic acid groups (broad SMARTS) is 1. The third kappa shape index (κ3) is 4.91. The Morgan fingerprint density at radius 1 is 1.39 bits per heavy atom. The molecule has 106 valence electrons. The molecule has 6 heteroatoms. The lowest BCUT2D eigenvalue weighted by molar-refractivity contribution is -0.140. The van der Waals surface area contributed by atoms with Gasteiger partial charge in [-0.3, -0.25) is 0 Å². The van der Waals surface area contributed by atoms with Crippen LogP contribution >= 0.6 is 0 Å². The molecule has 0 aromatic rings. The number of ether oxygens (including phenoxy) is 1. The van der Waals surface area contributed by atoms with Crippen molar-refractivity contribution in [3.8, 4) is 0 Å². The molecule has 0 fully saturated rings. The molecular weight excluding hydrogens is 236 g/mol. The topological polar surface area (TPSA) is 78.9 Å². The van der Waals surface area contributed by atoms with Crippen LogP contribution in [-0.2, 0) is 9.53 Å². The van der Waals surface area contributed by atoms with Gasteiger partial charge in [-0.1, -0.05) is 20.8 Å². The summed E-state index contributed by atoms with van der Waals surface area (Å²) in [5, 5.41) is 11.4. The van der Waals surface area contributed by atoms with E-state index >= 15 is 0 Å². The van der Waals surface area contributed by atoms with Gasteiger partial charge in [-0.15, -0.1) is 0 Å². The lowest BCUT2D eigenvalue weighted by Gasteiger charge is -2.35. The Bertz CT molecular complexity index is 299. The zero-order chi connectivity index (χ0) is 14.5. The molecule has 0 saturated heterocycles. The Morgan fingerprint density at radius 3 is 2.22 bits per heavy atom. The smallest absolute Gasteiger partial charge is 0.328 e. The van der Waals surface area contributed by atoms with Gasteiger partial charge in [0.25, 0.3) is 0 Å². The predicted molar refractivity (Wildman–Crippen MR) is 68.5 cm³/mol. The minimum atomic E-state index is -1.11. The minimum absolute atomic E-state index is 0.0190. The number of methoxy groups -OCH3 is 1. The number of nitrogens with zero attached hydrogens (tertiary/aromatic N) is 1. The minimum Gasteiger partial charge on any atom is -0.480 e. The number of nitrogens with one attached hydrogen (secondary N) is 1. The fourth-order valence-electron chi connectivity index (χ4n) is 1.35. The Morgan fingerprint density at radius 2 is 1.89 bits per heavy atom. The van der Waals surface area contributed by atoms with Gasteiger partial charge in [0.05, 0.1) is 6.61 Å². The van der Waals surface area contributed by atoms with E-state index in [0.717, 1.165) is 0 Å². The summed E-state index contributed by atoms with van der Waals surface area (Å²) in [6.07, 6.45) is 0. The molecule has 0 saturated carbocycles. The van der Waals surface area contributed by atoms with E-state index < -0.39 is 18.0 Å². The summed E-state index contributed by atoms with van der Waals surface area (Å²) in [6.45, 7) is 7.92. The van der Waals surface area contributed by atoms with Gasteiger partial charge in [-0.05, 0) is 12.3 Å². The van der Waals surface area contributed by atoms with Crippen molar-refractivity contribution in [2.45, 2.75) is 39.8 Å². The predicted octanol–water partition coefficient (Wildman–Crippen LogP) is 1.16. The van der Waals surface area contributed by atoms with E-state index in [1.54, 1.807) is 7.05 Å². The zero-order valence-corrected chi connectivity index (χ0v) is 12.0. The first-order valence-corrected chi connectivity index (χ1v) is 5.86. The average molecular weight is 260 g/mol. The SMILES string of the molecule is COCC(NC(=O)N(C)C(C)C(C)(C)C)C(=O)O. The van der Waals surface area contributed by atoms with Crippen molar-refractivity contribution in [3.63, 3.8) is 0 Å². The summed E-state index contributed by atoms with van der Waals surface area (Å²) in [4.78, 5) is 24.3. The van der Waals surface area contributed by atoms with Crippen molar-refractivity contribution in [1.29, 1.82) is 0 Å². The lowest BCUT2D eigenvalue weighted by Crippen LogP contribution is -2.53. The van der Waals surface area contributed by atoms with Crippen LogP contribution in [0.4, 0.5) is 4.79 Å². The first-order chi connectivity index (χ1) is 8.11. The van der Waals surface area contributed by atoms with Crippen LogP contribution in [0.2, 0.25) is 0 Å². The number of urea groups is 1. The van der Waals surface area contributed by atoms with Crippen molar-refractivity contribution in [2.24, 2.45) is 5.41 Å². The maximum Gasteiger partial charge on any atom is 0.328 e. The second-order valence-electron chi connectivity index (χ2n) is 5.45. The average Bonchev–Trinajstić information content (AvgIpc) is 2.24. The second kappa shape index (κ2) is 6.58. The Kier molecular flexibility index (Phi) is 6.11. The number of carbonyl (C=O) groups is 2. The van der Waals surface area contributed by atoms with Gasteiger partial charge in [0.1, 0.15) is 0 Å². The normalized spacial score (nSPS) is 14.8. The number of amides is 2. The second-order valence-corrected chi connectivity index (χ2v) is 5.45. The van der Waals surface area contributed by atoms with Crippen LogP contribution in [0, 0.1) is 5.41 Å². The van der Waals surface area contributed by atoms with E-state index in [0.29, 0.717) is 0 Å². The van der Waals surface area contributed by atoms with E-state index in [1.165, 1.54) is 12.0 Å². The molecule has 2 atom stereocenters. The summed E-state index contributed by atoms with van der Waals surface area (Å²) in [7, 11) is 3.04. The van der Waals surface area contributed by atoms with E-state index in [-0.39, 0.29) is 18.1 Å². The number of carbonyl (C=O) groups excluding carboxylic acids is 1. The monoisotopic (exact) mass is 260 g/mol. The lowest BCUT2D eigenvalue weighted by atomic mass is 9.87. The van der Waals surface area contributed by atoms with Crippen LogP contribution < -0.4 is 5.32 Å². The molecule has 0 aliphatic carbocycles. The number of hydrogen-bond donors (Lipinski definition) is 2. The third-order valence-electron chi connectivity index (χ3n) is 3.08. The number of aliphatic carboxylic acids is 1. The van der Waals surface area contributed by atoms with Crippen LogP contribution in [0.1, 0.15) is 27.7 Å². The zero-order valence-electron chi connectivity index (χ0n) is 12.0. The molecule has 0 spiro atoms. The maximum atomic E-state index is 11.9. The Balaban J connectivity index is 4.60. The van der Waals surface area contributed by atoms with Crippen LogP contribution in [0.15, 0.2) is 0 Å². The molecule has 0 radical (unpaired) electrons. The van der Waals surface area contributed by atoms with Gasteiger partial charge in [0.2, 0.25) is 0 Å². The third-order valence-corrected chi connectivity index (χ3v) is 3.08. The summed E-state index contributed by atoms with van der Waals surface area (Å²) >= 11 is 0. The van der Waals surface area contributed by atoms with Gasteiger partial charge in [-0.25, -0.2) is 9.59 Å². The van der Waals surface area contributed by atoms with Gasteiger partial charge in [-0.2, -0.15) is 0 Å². The Hall–Kier alpha value is -1.30. The fraction of sp³-hybridized carbons (Fsp3) is 0.833. The summed E-state index contributed by atoms with van der Waals surface area (Å²) < 4.78 is 4.76. The van der Waals surface area contributed by atoms with Gasteiger partial charge in [0, 0.05) is 20.2 Å². The molecular formula is C12H24N2O4. The Labute approximate surface area is 108 Å². The molecule has 18 heavy (non-hydrogen) atoms. The fourth-order valence-corrected chi connectivity index (χ4v) is 1.35. The largest absolute Gasteiger partial charge is 0.480 e. The van der Waals surface area contributed by atoms with Crippen molar-refractivity contribution < 1.29 is 19.4 Å². The molecule has 0 bridgehead atoms. The van der Waals surface area contributed by atoms with Crippen LogP contribution in [0.3, 0.4) is 0 Å². The van der Waals surface area contributed by atoms with Crippen molar-refractivity contribution in [1.82, 2.24) is 10.2 Å². The van der Waals surface area contributed by atoms with E-state index in [1.807, 2.05) is 27.7 Å². The molecule has 0 aliphatic rings. The molecule has 0 aromatic carbocycles. The van der Waals surface area contributed by atoms with E-state index in [2.05, 4.69) is 5.32 Å². The van der Waals surface area contributed by atoms with Crippen molar-refractivity contribution in [2.75, 3.05) is 20.8 Å². The molecule has 2 amide bonds. The van der Waals surface area contributed by atoms with Gasteiger partial charge in [0.15, 0.2) is 6.04 Å². The van der Waals surface area contributed by atoms with Crippen molar-refractivity contribution in [3.05, 3.63) is 0 Å². The highest BCUT2D eigenvalue weighted by Gasteiger charge is 2.29. The summed E-state index contributed by atoms with van der Waals surface area (Å²) in [5.74, 6) is -1.11. The number of carboxylic acids is 1. The van der Waals surface area contributed by atoms with Crippen LogP contribution in [0.5, 0.6) is 0 Å². The molecule has 6 nitrogen and oxygen atoms in total. The number of rotatable bonds is 5.